The summed E-state index contributed by atoms with van der Waals surface area (Å²) in [5.74, 6) is 0.801. The van der Waals surface area contributed by atoms with Crippen LogP contribution in [-0.4, -0.2) is 9.55 Å². The van der Waals surface area contributed by atoms with Gasteiger partial charge in [0, 0.05) is 43.2 Å². The highest BCUT2D eigenvalue weighted by Crippen LogP contribution is 2.55. The van der Waals surface area contributed by atoms with Crippen molar-refractivity contribution in [3.05, 3.63) is 224 Å². The van der Waals surface area contributed by atoms with Gasteiger partial charge in [-0.05, 0) is 62.5 Å². The Morgan fingerprint density at radius 1 is 0.377 bits per heavy atom. The number of hydrogen-bond acceptors (Lipinski definition) is 2. The summed E-state index contributed by atoms with van der Waals surface area (Å²) in [6.45, 7) is 0. The molecule has 0 bridgehead atoms. The van der Waals surface area contributed by atoms with Crippen molar-refractivity contribution < 1.29 is 4.57 Å². The van der Waals surface area contributed by atoms with E-state index in [0.29, 0.717) is 0 Å². The number of aromatic nitrogens is 2. The number of fused-ring (bicyclic) bond motifs is 9. The molecule has 4 heteroatoms. The lowest BCUT2D eigenvalue weighted by molar-refractivity contribution is 0.593. The molecular weight excluding hydrogens is 760 g/mol. The average molecular weight is 797 g/mol. The summed E-state index contributed by atoms with van der Waals surface area (Å²) in [6.07, 6.45) is 0. The van der Waals surface area contributed by atoms with Crippen molar-refractivity contribution in [1.29, 1.82) is 0 Å². The smallest absolute Gasteiger partial charge is 0.172 e. The lowest BCUT2D eigenvalue weighted by atomic mass is 9.98. The minimum Gasteiger partial charge on any atom is -0.309 e. The van der Waals surface area contributed by atoms with E-state index in [2.05, 4.69) is 187 Å². The first-order valence-corrected chi connectivity index (χ1v) is 22.4. The number of nitrogens with zero attached hydrogens (tertiary/aromatic N) is 2. The second-order valence-electron chi connectivity index (χ2n) is 15.8. The molecule has 2 aromatic heterocycles. The summed E-state index contributed by atoms with van der Waals surface area (Å²) < 4.78 is 18.3. The Labute approximate surface area is 354 Å². The standard InChI is InChI=1S/C57H37N2OP/c60-61(46-19-8-3-9-20-46)52-23-13-12-22-50(52)55-53(61)35-34-49-48-33-32-43-18-10-11-21-47(43)56(48)59(57(49)55)54-37-45(42-26-24-40(25-27-42)38-14-4-1-5-15-38)36-51(58-54)44-30-28-41(29-31-44)39-16-6-2-7-17-39/h1-37H. The van der Waals surface area contributed by atoms with Gasteiger partial charge >= 0.3 is 0 Å². The molecule has 286 valence electrons. The van der Waals surface area contributed by atoms with Crippen molar-refractivity contribution in [1.82, 2.24) is 9.55 Å². The van der Waals surface area contributed by atoms with Gasteiger partial charge in [0.15, 0.2) is 7.14 Å². The van der Waals surface area contributed by atoms with Crippen molar-refractivity contribution in [3.63, 3.8) is 0 Å². The molecule has 3 heterocycles. The van der Waals surface area contributed by atoms with Crippen molar-refractivity contribution in [3.8, 4) is 61.6 Å². The Bertz CT molecular complexity index is 3420. The number of rotatable bonds is 6. The van der Waals surface area contributed by atoms with E-state index in [1.54, 1.807) is 0 Å². The normalized spacial score (nSPS) is 14.4. The van der Waals surface area contributed by atoms with Gasteiger partial charge in [-0.2, -0.15) is 0 Å². The van der Waals surface area contributed by atoms with Gasteiger partial charge < -0.3 is 4.57 Å². The van der Waals surface area contributed by atoms with E-state index in [-0.39, 0.29) is 0 Å². The molecule has 0 saturated carbocycles. The number of pyridine rings is 1. The zero-order valence-corrected chi connectivity index (χ0v) is 34.0. The van der Waals surface area contributed by atoms with Crippen LogP contribution in [-0.2, 0) is 4.57 Å². The van der Waals surface area contributed by atoms with E-state index in [9.17, 15) is 0 Å². The third-order valence-electron chi connectivity index (χ3n) is 12.4. The summed E-state index contributed by atoms with van der Waals surface area (Å²) in [4.78, 5) is 5.62. The molecule has 0 fully saturated rings. The highest BCUT2D eigenvalue weighted by Gasteiger charge is 2.42. The quantitative estimate of drug-likeness (QED) is 0.157. The lowest BCUT2D eigenvalue weighted by Crippen LogP contribution is -2.20. The second kappa shape index (κ2) is 14.0. The largest absolute Gasteiger partial charge is 0.309 e. The Morgan fingerprint density at radius 3 is 1.59 bits per heavy atom. The van der Waals surface area contributed by atoms with Crippen LogP contribution in [0.1, 0.15) is 0 Å². The zero-order chi connectivity index (χ0) is 40.5. The first kappa shape index (κ1) is 35.4. The molecule has 0 saturated heterocycles. The molecule has 1 unspecified atom stereocenters. The SMILES string of the molecule is O=P1(c2ccccc2)c2ccccc2-c2c1ccc1c3ccc4ccccc4c3n(-c3cc(-c4ccc(-c5ccccc5)cc4)cc(-c4ccc(-c5ccccc5)cc4)n3)c21. The molecule has 0 amide bonds. The predicted octanol–water partition coefficient (Wildman–Crippen LogP) is 13.6. The van der Waals surface area contributed by atoms with Gasteiger partial charge in [0.25, 0.3) is 0 Å². The van der Waals surface area contributed by atoms with E-state index in [1.807, 2.05) is 42.5 Å². The third kappa shape index (κ3) is 5.59. The first-order chi connectivity index (χ1) is 30.1. The Hall–Kier alpha value is -7.58. The van der Waals surface area contributed by atoms with E-state index < -0.39 is 7.14 Å². The van der Waals surface area contributed by atoms with Crippen LogP contribution in [0.25, 0.3) is 94.2 Å². The fraction of sp³-hybridized carbons (Fsp3) is 0. The molecule has 0 radical (unpaired) electrons. The predicted molar refractivity (Wildman–Crippen MR) is 256 cm³/mol. The maximum atomic E-state index is 15.9. The maximum absolute atomic E-state index is 15.9. The van der Waals surface area contributed by atoms with Crippen LogP contribution in [0.15, 0.2) is 224 Å². The molecule has 12 rings (SSSR count). The molecule has 61 heavy (non-hydrogen) atoms. The monoisotopic (exact) mass is 796 g/mol. The average Bonchev–Trinajstić information content (AvgIpc) is 3.82. The van der Waals surface area contributed by atoms with Gasteiger partial charge in [0.1, 0.15) is 5.82 Å². The van der Waals surface area contributed by atoms with Gasteiger partial charge in [-0.3, -0.25) is 4.57 Å². The Balaban J connectivity index is 1.17. The van der Waals surface area contributed by atoms with Crippen LogP contribution in [0.2, 0.25) is 0 Å². The lowest BCUT2D eigenvalue weighted by Gasteiger charge is -2.17. The summed E-state index contributed by atoms with van der Waals surface area (Å²) in [6, 6.07) is 78.7. The summed E-state index contributed by atoms with van der Waals surface area (Å²) in [5.41, 5.74) is 12.8. The molecule has 0 aliphatic carbocycles. The fourth-order valence-electron chi connectivity index (χ4n) is 9.51. The molecule has 1 aliphatic heterocycles. The summed E-state index contributed by atoms with van der Waals surface area (Å²) in [5, 5.41) is 7.10. The van der Waals surface area contributed by atoms with Crippen molar-refractivity contribution >= 4 is 55.6 Å². The van der Waals surface area contributed by atoms with E-state index in [1.165, 1.54) is 16.7 Å². The van der Waals surface area contributed by atoms with E-state index in [4.69, 9.17) is 4.98 Å². The minimum atomic E-state index is -3.22. The van der Waals surface area contributed by atoms with Crippen LogP contribution in [0.5, 0.6) is 0 Å². The minimum absolute atomic E-state index is 0.801. The van der Waals surface area contributed by atoms with Gasteiger partial charge in [0.05, 0.1) is 16.7 Å². The molecule has 0 N–H and O–H groups in total. The topological polar surface area (TPSA) is 34.9 Å². The molecule has 11 aromatic rings. The van der Waals surface area contributed by atoms with Gasteiger partial charge in [-0.15, -0.1) is 0 Å². The van der Waals surface area contributed by atoms with E-state index >= 15 is 4.57 Å². The van der Waals surface area contributed by atoms with Crippen LogP contribution in [0.4, 0.5) is 0 Å². The maximum Gasteiger partial charge on any atom is 0.172 e. The molecule has 0 spiro atoms. The third-order valence-corrected chi connectivity index (χ3v) is 15.6. The number of benzene rings is 9. The van der Waals surface area contributed by atoms with Crippen LogP contribution in [0, 0.1) is 0 Å². The molecular formula is C57H37N2OP. The van der Waals surface area contributed by atoms with Gasteiger partial charge in [0.2, 0.25) is 0 Å². The van der Waals surface area contributed by atoms with Gasteiger partial charge in [-0.1, -0.05) is 206 Å². The fourth-order valence-corrected chi connectivity index (χ4v) is 12.6. The van der Waals surface area contributed by atoms with Crippen LogP contribution in [0.3, 0.4) is 0 Å². The van der Waals surface area contributed by atoms with E-state index in [0.717, 1.165) is 93.4 Å². The Kier molecular flexibility index (Phi) is 8.13. The van der Waals surface area contributed by atoms with Crippen molar-refractivity contribution in [2.24, 2.45) is 0 Å². The molecule has 1 aliphatic rings. The number of hydrogen-bond donors (Lipinski definition) is 0. The van der Waals surface area contributed by atoms with Crippen molar-refractivity contribution in [2.45, 2.75) is 0 Å². The molecule has 1 atom stereocenters. The van der Waals surface area contributed by atoms with Gasteiger partial charge in [-0.25, -0.2) is 4.98 Å². The summed E-state index contributed by atoms with van der Waals surface area (Å²) in [7, 11) is -3.22. The molecule has 3 nitrogen and oxygen atoms in total. The summed E-state index contributed by atoms with van der Waals surface area (Å²) >= 11 is 0. The van der Waals surface area contributed by atoms with Crippen LogP contribution >= 0.6 is 7.14 Å². The first-order valence-electron chi connectivity index (χ1n) is 20.7. The molecule has 9 aromatic carbocycles. The van der Waals surface area contributed by atoms with Crippen molar-refractivity contribution in [2.75, 3.05) is 0 Å². The Morgan fingerprint density at radius 2 is 0.902 bits per heavy atom. The highest BCUT2D eigenvalue weighted by molar-refractivity contribution is 7.86. The highest BCUT2D eigenvalue weighted by atomic mass is 31.2. The van der Waals surface area contributed by atoms with Crippen LogP contribution < -0.4 is 15.9 Å². The second-order valence-corrected chi connectivity index (χ2v) is 18.5. The zero-order valence-electron chi connectivity index (χ0n) is 33.1.